The van der Waals surface area contributed by atoms with Gasteiger partial charge in [0.15, 0.2) is 0 Å². The van der Waals surface area contributed by atoms with Crippen LogP contribution >= 0.6 is 0 Å². The van der Waals surface area contributed by atoms with Gasteiger partial charge in [-0.05, 0) is 41.5 Å². The van der Waals surface area contributed by atoms with Crippen molar-refractivity contribution in [2.45, 2.75) is 66.0 Å². The minimum Gasteiger partial charge on any atom is -0.394 e. The number of hydrogen-bond donors (Lipinski definition) is 2. The second-order valence-corrected chi connectivity index (χ2v) is 4.82. The van der Waals surface area contributed by atoms with Crippen LogP contribution in [0.2, 0.25) is 0 Å². The smallest absolute Gasteiger partial charge is 0.0781 e. The molecule has 5 nitrogen and oxygen atoms in total. The predicted molar refractivity (Wildman–Crippen MR) is 76.4 cm³/mol. The van der Waals surface area contributed by atoms with Crippen LogP contribution in [0.5, 0.6) is 0 Å². The van der Waals surface area contributed by atoms with E-state index in [1.54, 1.807) is 13.8 Å². The highest BCUT2D eigenvalue weighted by molar-refractivity contribution is 4.52. The Bertz CT molecular complexity index is 173. The third kappa shape index (κ3) is 20.3. The maximum atomic E-state index is 8.92. The van der Waals surface area contributed by atoms with Crippen molar-refractivity contribution in [3.8, 4) is 0 Å². The average molecular weight is 280 g/mol. The molecule has 0 aromatic carbocycles. The number of hydrogen-bond acceptors (Lipinski definition) is 5. The molecule has 2 N–H and O–H groups in total. The standard InChI is InChI=1S/C9H20O4.C5H12O/c1-7(11)5-12-9(3)6-13-8(2)4-10;1-4-6-5(2)3/h7-11H,4-6H2,1-3H3;5H,4H2,1-3H3. The van der Waals surface area contributed by atoms with Crippen LogP contribution in [0.4, 0.5) is 0 Å². The first-order chi connectivity index (χ1) is 8.83. The Morgan fingerprint density at radius 3 is 1.68 bits per heavy atom. The first-order valence-corrected chi connectivity index (χ1v) is 6.97. The number of ether oxygens (including phenoxy) is 3. The molecule has 3 atom stereocenters. The van der Waals surface area contributed by atoms with Crippen LogP contribution < -0.4 is 0 Å². The van der Waals surface area contributed by atoms with Gasteiger partial charge in [0.25, 0.3) is 0 Å². The van der Waals surface area contributed by atoms with E-state index in [0.29, 0.717) is 19.3 Å². The molecule has 0 aromatic rings. The van der Waals surface area contributed by atoms with Gasteiger partial charge in [0.05, 0.1) is 44.2 Å². The molecule has 0 aliphatic heterocycles. The number of rotatable bonds is 9. The summed E-state index contributed by atoms with van der Waals surface area (Å²) in [5.74, 6) is 0. The van der Waals surface area contributed by atoms with Crippen molar-refractivity contribution in [1.29, 1.82) is 0 Å². The van der Waals surface area contributed by atoms with Crippen molar-refractivity contribution in [3.63, 3.8) is 0 Å². The molecule has 118 valence electrons. The van der Waals surface area contributed by atoms with Crippen molar-refractivity contribution in [2.75, 3.05) is 26.4 Å². The predicted octanol–water partition coefficient (Wildman–Crippen LogP) is 1.60. The van der Waals surface area contributed by atoms with Crippen molar-refractivity contribution in [2.24, 2.45) is 0 Å². The first-order valence-electron chi connectivity index (χ1n) is 6.97. The van der Waals surface area contributed by atoms with Crippen LogP contribution in [-0.2, 0) is 14.2 Å². The maximum Gasteiger partial charge on any atom is 0.0781 e. The van der Waals surface area contributed by atoms with E-state index in [1.165, 1.54) is 0 Å². The highest BCUT2D eigenvalue weighted by atomic mass is 16.5. The van der Waals surface area contributed by atoms with Crippen molar-refractivity contribution in [3.05, 3.63) is 0 Å². The van der Waals surface area contributed by atoms with E-state index >= 15 is 0 Å². The normalized spacial score (nSPS) is 15.6. The molecule has 0 saturated heterocycles. The van der Waals surface area contributed by atoms with Gasteiger partial charge >= 0.3 is 0 Å². The molecule has 0 radical (unpaired) electrons. The Kier molecular flexibility index (Phi) is 15.8. The third-order valence-electron chi connectivity index (χ3n) is 1.99. The van der Waals surface area contributed by atoms with Gasteiger partial charge in [0.1, 0.15) is 0 Å². The van der Waals surface area contributed by atoms with Gasteiger partial charge in [0.2, 0.25) is 0 Å². The fourth-order valence-corrected chi connectivity index (χ4v) is 1.04. The summed E-state index contributed by atoms with van der Waals surface area (Å²) in [7, 11) is 0. The van der Waals surface area contributed by atoms with E-state index in [-0.39, 0.29) is 18.8 Å². The van der Waals surface area contributed by atoms with E-state index < -0.39 is 6.10 Å². The molecule has 0 fully saturated rings. The zero-order valence-corrected chi connectivity index (χ0v) is 13.3. The van der Waals surface area contributed by atoms with Gasteiger partial charge in [-0.1, -0.05) is 0 Å². The summed E-state index contributed by atoms with van der Waals surface area (Å²) in [6.45, 7) is 13.0. The Labute approximate surface area is 117 Å². The molecule has 0 rings (SSSR count). The van der Waals surface area contributed by atoms with E-state index in [1.807, 2.05) is 27.7 Å². The minimum absolute atomic E-state index is 0.0170. The van der Waals surface area contributed by atoms with E-state index in [4.69, 9.17) is 24.4 Å². The zero-order valence-electron chi connectivity index (χ0n) is 13.3. The Morgan fingerprint density at radius 1 is 0.842 bits per heavy atom. The van der Waals surface area contributed by atoms with Crippen molar-refractivity contribution >= 4 is 0 Å². The average Bonchev–Trinajstić information content (AvgIpc) is 2.33. The van der Waals surface area contributed by atoms with Crippen LogP contribution in [0, 0.1) is 0 Å². The van der Waals surface area contributed by atoms with Crippen LogP contribution in [0.3, 0.4) is 0 Å². The minimum atomic E-state index is -0.447. The van der Waals surface area contributed by atoms with E-state index in [0.717, 1.165) is 6.61 Å². The van der Waals surface area contributed by atoms with Crippen LogP contribution in [0.15, 0.2) is 0 Å². The topological polar surface area (TPSA) is 68.2 Å². The lowest BCUT2D eigenvalue weighted by atomic mass is 10.4. The lowest BCUT2D eigenvalue weighted by molar-refractivity contribution is -0.0620. The summed E-state index contributed by atoms with van der Waals surface area (Å²) in [6, 6.07) is 0. The molecular formula is C14H32O5. The quantitative estimate of drug-likeness (QED) is 0.671. The molecule has 0 heterocycles. The van der Waals surface area contributed by atoms with Crippen LogP contribution in [-0.4, -0.2) is 61.1 Å². The summed E-state index contributed by atoms with van der Waals surface area (Å²) in [4.78, 5) is 0. The number of aliphatic hydroxyl groups excluding tert-OH is 2. The summed E-state index contributed by atoms with van der Waals surface area (Å²) in [5.41, 5.74) is 0. The van der Waals surface area contributed by atoms with Gasteiger partial charge < -0.3 is 24.4 Å². The molecular weight excluding hydrogens is 248 g/mol. The number of aliphatic hydroxyl groups is 2. The van der Waals surface area contributed by atoms with Crippen molar-refractivity contribution < 1.29 is 24.4 Å². The van der Waals surface area contributed by atoms with Gasteiger partial charge in [-0.15, -0.1) is 0 Å². The van der Waals surface area contributed by atoms with Gasteiger partial charge in [-0.3, -0.25) is 0 Å². The molecule has 0 bridgehead atoms. The highest BCUT2D eigenvalue weighted by Gasteiger charge is 2.06. The molecule has 0 spiro atoms. The first kappa shape index (κ1) is 21.1. The van der Waals surface area contributed by atoms with Crippen LogP contribution in [0.1, 0.15) is 41.5 Å². The SMILES string of the molecule is CC(O)COC(C)COC(C)CO.CCOC(C)C. The molecule has 0 aromatic heterocycles. The summed E-state index contributed by atoms with van der Waals surface area (Å²) >= 11 is 0. The Balaban J connectivity index is 0. The van der Waals surface area contributed by atoms with Gasteiger partial charge in [-0.25, -0.2) is 0 Å². The maximum absolute atomic E-state index is 8.92. The fourth-order valence-electron chi connectivity index (χ4n) is 1.04. The summed E-state index contributed by atoms with van der Waals surface area (Å²) in [6.07, 6.45) is -0.256. The second kappa shape index (κ2) is 14.2. The van der Waals surface area contributed by atoms with Gasteiger partial charge in [-0.2, -0.15) is 0 Å². The molecule has 3 unspecified atom stereocenters. The van der Waals surface area contributed by atoms with Crippen molar-refractivity contribution in [1.82, 2.24) is 0 Å². The lowest BCUT2D eigenvalue weighted by Crippen LogP contribution is -2.24. The Morgan fingerprint density at radius 2 is 1.37 bits per heavy atom. The molecule has 0 amide bonds. The third-order valence-corrected chi connectivity index (χ3v) is 1.99. The highest BCUT2D eigenvalue weighted by Crippen LogP contribution is 1.97. The second-order valence-electron chi connectivity index (χ2n) is 4.82. The largest absolute Gasteiger partial charge is 0.394 e. The molecule has 0 saturated carbocycles. The lowest BCUT2D eigenvalue weighted by Gasteiger charge is -2.16. The zero-order chi connectivity index (χ0) is 15.3. The fraction of sp³-hybridized carbons (Fsp3) is 1.00. The molecule has 5 heteroatoms. The van der Waals surface area contributed by atoms with Gasteiger partial charge in [0, 0.05) is 6.61 Å². The van der Waals surface area contributed by atoms with Crippen LogP contribution in [0.25, 0.3) is 0 Å². The monoisotopic (exact) mass is 280 g/mol. The molecule has 19 heavy (non-hydrogen) atoms. The summed E-state index contributed by atoms with van der Waals surface area (Å²) in [5, 5.41) is 17.6. The summed E-state index contributed by atoms with van der Waals surface area (Å²) < 4.78 is 15.5. The Hall–Kier alpha value is -0.200. The molecule has 0 aliphatic rings. The van der Waals surface area contributed by atoms with E-state index in [2.05, 4.69) is 0 Å². The van der Waals surface area contributed by atoms with E-state index in [9.17, 15) is 0 Å². The molecule has 0 aliphatic carbocycles.